The van der Waals surface area contributed by atoms with Crippen molar-refractivity contribution in [3.8, 4) is 0 Å². The number of rotatable bonds is 3. The van der Waals surface area contributed by atoms with Gasteiger partial charge < -0.3 is 9.40 Å². The molecule has 3 aromatic rings. The summed E-state index contributed by atoms with van der Waals surface area (Å²) in [6, 6.07) is 5.94. The van der Waals surface area contributed by atoms with E-state index in [4.69, 9.17) is 4.42 Å². The van der Waals surface area contributed by atoms with E-state index in [2.05, 4.69) is 21.0 Å². The summed E-state index contributed by atoms with van der Waals surface area (Å²) in [5.74, 6) is 1.93. The molecule has 3 aromatic heterocycles. The minimum Gasteiger partial charge on any atom is -0.469 e. The fourth-order valence-electron chi connectivity index (χ4n) is 1.87. The third-order valence-electron chi connectivity index (χ3n) is 2.71. The topological polar surface area (TPSA) is 54.7 Å². The van der Waals surface area contributed by atoms with E-state index in [1.807, 2.05) is 25.3 Å². The molecular formula is C13H13N3O. The van der Waals surface area contributed by atoms with Gasteiger partial charge in [-0.2, -0.15) is 0 Å². The van der Waals surface area contributed by atoms with Crippen LogP contribution >= 0.6 is 0 Å². The molecule has 3 rings (SSSR count). The quantitative estimate of drug-likeness (QED) is 0.748. The SMILES string of the molecule is Cc1cnc2nc(CCc3ccco3)[nH]c2c1. The standard InChI is InChI=1S/C13H13N3O/c1-9-7-11-13(14-8-9)16-12(15-11)5-4-10-3-2-6-17-10/h2-3,6-8H,4-5H2,1H3,(H,14,15,16). The van der Waals surface area contributed by atoms with Crippen molar-refractivity contribution >= 4 is 11.2 Å². The Morgan fingerprint density at radius 2 is 2.29 bits per heavy atom. The predicted molar refractivity (Wildman–Crippen MR) is 64.7 cm³/mol. The molecule has 0 aliphatic heterocycles. The fourth-order valence-corrected chi connectivity index (χ4v) is 1.87. The van der Waals surface area contributed by atoms with Crippen molar-refractivity contribution < 1.29 is 4.42 Å². The molecule has 0 aliphatic carbocycles. The zero-order valence-corrected chi connectivity index (χ0v) is 9.60. The van der Waals surface area contributed by atoms with Crippen LogP contribution in [0.2, 0.25) is 0 Å². The molecule has 0 spiro atoms. The van der Waals surface area contributed by atoms with Crippen molar-refractivity contribution in [2.24, 2.45) is 0 Å². The summed E-state index contributed by atoms with van der Waals surface area (Å²) < 4.78 is 5.29. The van der Waals surface area contributed by atoms with Gasteiger partial charge in [-0.25, -0.2) is 9.97 Å². The number of fused-ring (bicyclic) bond motifs is 1. The van der Waals surface area contributed by atoms with E-state index in [1.165, 1.54) is 0 Å². The first-order chi connectivity index (χ1) is 8.31. The summed E-state index contributed by atoms with van der Waals surface area (Å²) in [5.41, 5.74) is 2.92. The molecule has 0 atom stereocenters. The van der Waals surface area contributed by atoms with Crippen LogP contribution < -0.4 is 0 Å². The molecule has 0 saturated carbocycles. The van der Waals surface area contributed by atoms with Crippen LogP contribution in [0.5, 0.6) is 0 Å². The smallest absolute Gasteiger partial charge is 0.177 e. The van der Waals surface area contributed by atoms with Crippen molar-refractivity contribution in [1.29, 1.82) is 0 Å². The molecule has 86 valence electrons. The van der Waals surface area contributed by atoms with Crippen molar-refractivity contribution in [2.75, 3.05) is 0 Å². The van der Waals surface area contributed by atoms with E-state index in [-0.39, 0.29) is 0 Å². The van der Waals surface area contributed by atoms with Gasteiger partial charge in [0.15, 0.2) is 5.65 Å². The van der Waals surface area contributed by atoms with Gasteiger partial charge in [0.2, 0.25) is 0 Å². The molecule has 0 amide bonds. The van der Waals surface area contributed by atoms with E-state index in [1.54, 1.807) is 6.26 Å². The Kier molecular flexibility index (Phi) is 2.40. The second kappa shape index (κ2) is 4.05. The van der Waals surface area contributed by atoms with Crippen LogP contribution in [-0.2, 0) is 12.8 Å². The first-order valence-corrected chi connectivity index (χ1v) is 5.65. The van der Waals surface area contributed by atoms with Crippen molar-refractivity contribution in [2.45, 2.75) is 19.8 Å². The van der Waals surface area contributed by atoms with E-state index < -0.39 is 0 Å². The average molecular weight is 227 g/mol. The van der Waals surface area contributed by atoms with Gasteiger partial charge >= 0.3 is 0 Å². The maximum Gasteiger partial charge on any atom is 0.177 e. The van der Waals surface area contributed by atoms with Crippen LogP contribution in [0, 0.1) is 6.92 Å². The molecule has 3 heterocycles. The van der Waals surface area contributed by atoms with Crippen LogP contribution in [-0.4, -0.2) is 15.0 Å². The van der Waals surface area contributed by atoms with Gasteiger partial charge in [0.05, 0.1) is 11.8 Å². The molecular weight excluding hydrogens is 214 g/mol. The first kappa shape index (κ1) is 10.1. The maximum absolute atomic E-state index is 5.29. The van der Waals surface area contributed by atoms with E-state index in [9.17, 15) is 0 Å². The zero-order chi connectivity index (χ0) is 11.7. The highest BCUT2D eigenvalue weighted by Gasteiger charge is 2.05. The van der Waals surface area contributed by atoms with Crippen molar-refractivity contribution in [3.05, 3.63) is 47.8 Å². The number of H-pyrrole nitrogens is 1. The minimum atomic E-state index is 0.782. The van der Waals surface area contributed by atoms with Crippen LogP contribution in [0.25, 0.3) is 11.2 Å². The molecule has 4 heteroatoms. The number of furan rings is 1. The molecule has 0 bridgehead atoms. The lowest BCUT2D eigenvalue weighted by atomic mass is 10.2. The van der Waals surface area contributed by atoms with Gasteiger partial charge in [-0.15, -0.1) is 0 Å². The van der Waals surface area contributed by atoms with Gasteiger partial charge in [-0.1, -0.05) is 0 Å². The zero-order valence-electron chi connectivity index (χ0n) is 9.60. The molecule has 0 saturated heterocycles. The molecule has 0 radical (unpaired) electrons. The third-order valence-corrected chi connectivity index (χ3v) is 2.71. The lowest BCUT2D eigenvalue weighted by molar-refractivity contribution is 0.507. The Morgan fingerprint density at radius 3 is 3.12 bits per heavy atom. The monoisotopic (exact) mass is 227 g/mol. The number of aromatic nitrogens is 3. The number of hydrogen-bond donors (Lipinski definition) is 1. The number of hydrogen-bond acceptors (Lipinski definition) is 3. The number of imidazole rings is 1. The Hall–Kier alpha value is -2.10. The second-order valence-electron chi connectivity index (χ2n) is 4.15. The van der Waals surface area contributed by atoms with E-state index in [0.29, 0.717) is 0 Å². The number of nitrogens with one attached hydrogen (secondary N) is 1. The summed E-state index contributed by atoms with van der Waals surface area (Å²) in [5, 5.41) is 0. The highest BCUT2D eigenvalue weighted by atomic mass is 16.3. The Labute approximate surface area is 98.7 Å². The number of nitrogens with zero attached hydrogens (tertiary/aromatic N) is 2. The minimum absolute atomic E-state index is 0.782. The fraction of sp³-hybridized carbons (Fsp3) is 0.231. The Bertz CT molecular complexity index is 625. The van der Waals surface area contributed by atoms with Crippen LogP contribution in [0.15, 0.2) is 35.1 Å². The highest BCUT2D eigenvalue weighted by molar-refractivity contribution is 5.70. The summed E-state index contributed by atoms with van der Waals surface area (Å²) in [4.78, 5) is 12.0. The molecule has 0 aliphatic rings. The van der Waals surface area contributed by atoms with E-state index in [0.717, 1.165) is 41.2 Å². The highest BCUT2D eigenvalue weighted by Crippen LogP contribution is 2.12. The van der Waals surface area contributed by atoms with Gasteiger partial charge in [-0.05, 0) is 30.7 Å². The van der Waals surface area contributed by atoms with Gasteiger partial charge in [0.1, 0.15) is 11.6 Å². The second-order valence-corrected chi connectivity index (χ2v) is 4.15. The molecule has 4 nitrogen and oxygen atoms in total. The number of aryl methyl sites for hydroxylation is 3. The number of pyridine rings is 1. The molecule has 0 aromatic carbocycles. The lowest BCUT2D eigenvalue weighted by Gasteiger charge is -1.93. The van der Waals surface area contributed by atoms with Crippen LogP contribution in [0.3, 0.4) is 0 Å². The molecule has 17 heavy (non-hydrogen) atoms. The molecule has 1 N–H and O–H groups in total. The summed E-state index contributed by atoms with van der Waals surface area (Å²) in [6.45, 7) is 2.02. The predicted octanol–water partition coefficient (Wildman–Crippen LogP) is 2.64. The van der Waals surface area contributed by atoms with Gasteiger partial charge in [0.25, 0.3) is 0 Å². The van der Waals surface area contributed by atoms with Crippen LogP contribution in [0.1, 0.15) is 17.1 Å². The largest absolute Gasteiger partial charge is 0.469 e. The van der Waals surface area contributed by atoms with Crippen LogP contribution in [0.4, 0.5) is 0 Å². The first-order valence-electron chi connectivity index (χ1n) is 5.65. The number of aromatic amines is 1. The van der Waals surface area contributed by atoms with Crippen molar-refractivity contribution in [3.63, 3.8) is 0 Å². The molecule has 0 unspecified atom stereocenters. The van der Waals surface area contributed by atoms with E-state index >= 15 is 0 Å². The average Bonchev–Trinajstić information content (AvgIpc) is 2.94. The molecule has 0 fully saturated rings. The third kappa shape index (κ3) is 2.06. The lowest BCUT2D eigenvalue weighted by Crippen LogP contribution is -1.91. The summed E-state index contributed by atoms with van der Waals surface area (Å²) in [7, 11) is 0. The Balaban J connectivity index is 1.81. The Morgan fingerprint density at radius 1 is 1.35 bits per heavy atom. The summed E-state index contributed by atoms with van der Waals surface area (Å²) >= 11 is 0. The van der Waals surface area contributed by atoms with Crippen molar-refractivity contribution in [1.82, 2.24) is 15.0 Å². The van der Waals surface area contributed by atoms with Gasteiger partial charge in [0, 0.05) is 19.0 Å². The maximum atomic E-state index is 5.29. The van der Waals surface area contributed by atoms with Gasteiger partial charge in [-0.3, -0.25) is 0 Å². The summed E-state index contributed by atoms with van der Waals surface area (Å²) in [6.07, 6.45) is 5.22. The normalized spacial score (nSPS) is 11.1.